The van der Waals surface area contributed by atoms with Crippen LogP contribution in [0.2, 0.25) is 0 Å². The molecule has 146 valence electrons. The van der Waals surface area contributed by atoms with Gasteiger partial charge in [-0.1, -0.05) is 24.3 Å². The van der Waals surface area contributed by atoms with Gasteiger partial charge < -0.3 is 5.73 Å². The zero-order valence-electron chi connectivity index (χ0n) is 15.1. The summed E-state index contributed by atoms with van der Waals surface area (Å²) in [6.07, 6.45) is 0.208. The maximum atomic E-state index is 15.3. The smallest absolute Gasteiger partial charge is 0.267 e. The molecule has 3 amide bonds. The van der Waals surface area contributed by atoms with Crippen LogP contribution >= 0.6 is 0 Å². The summed E-state index contributed by atoms with van der Waals surface area (Å²) in [7, 11) is 0. The van der Waals surface area contributed by atoms with E-state index >= 15 is 4.39 Å². The lowest BCUT2D eigenvalue weighted by molar-refractivity contribution is -0.139. The van der Waals surface area contributed by atoms with Crippen LogP contribution in [0.5, 0.6) is 0 Å². The van der Waals surface area contributed by atoms with Crippen molar-refractivity contribution in [1.82, 2.24) is 9.88 Å². The van der Waals surface area contributed by atoms with Crippen molar-refractivity contribution in [2.75, 3.05) is 0 Å². The van der Waals surface area contributed by atoms with Gasteiger partial charge in [-0.15, -0.1) is 0 Å². The summed E-state index contributed by atoms with van der Waals surface area (Å²) in [5, 5.41) is 0.391. The summed E-state index contributed by atoms with van der Waals surface area (Å²) in [6, 6.07) is 9.99. The van der Waals surface area contributed by atoms with E-state index in [1.165, 1.54) is 36.4 Å². The average molecular weight is 395 g/mol. The van der Waals surface area contributed by atoms with Gasteiger partial charge in [-0.3, -0.25) is 19.3 Å². The number of nitrogens with zero attached hydrogens (tertiary/aromatic N) is 2. The Labute approximate surface area is 163 Å². The van der Waals surface area contributed by atoms with Crippen LogP contribution in [0.3, 0.4) is 0 Å². The minimum atomic E-state index is -0.843. The molecule has 0 saturated carbocycles. The highest BCUT2D eigenvalue weighted by Crippen LogP contribution is 2.32. The first-order chi connectivity index (χ1) is 13.8. The van der Waals surface area contributed by atoms with Crippen LogP contribution in [0.4, 0.5) is 8.78 Å². The number of pyridine rings is 1. The molecule has 2 N–H and O–H groups in total. The monoisotopic (exact) mass is 395 g/mol. The molecule has 1 aliphatic rings. The van der Waals surface area contributed by atoms with Gasteiger partial charge in [0.1, 0.15) is 17.0 Å². The highest BCUT2D eigenvalue weighted by atomic mass is 19.1. The number of amides is 3. The Hall–Kier alpha value is -3.68. The van der Waals surface area contributed by atoms with Gasteiger partial charge in [-0.2, -0.15) is 0 Å². The molecular weight excluding hydrogens is 380 g/mol. The second kappa shape index (κ2) is 7.05. The highest BCUT2D eigenvalue weighted by Gasteiger charge is 2.30. The van der Waals surface area contributed by atoms with Crippen molar-refractivity contribution in [2.24, 2.45) is 5.73 Å². The summed E-state index contributed by atoms with van der Waals surface area (Å²) < 4.78 is 28.5. The standard InChI is InChI=1S/C21H15F2N3O3/c22-13-4-1-11(2-5-13)15-9-16(21(24)29)25-20-14(15)6-3-12(19(20)23)10-26-17(27)7-8-18(26)28/h1-6,9H,7-8,10H2,(H2,24,29). The number of halogens is 2. The first-order valence-electron chi connectivity index (χ1n) is 8.86. The third kappa shape index (κ3) is 3.33. The van der Waals surface area contributed by atoms with Crippen LogP contribution < -0.4 is 5.73 Å². The Morgan fingerprint density at radius 2 is 1.69 bits per heavy atom. The van der Waals surface area contributed by atoms with E-state index in [0.717, 1.165) is 4.90 Å². The predicted molar refractivity (Wildman–Crippen MR) is 100 cm³/mol. The molecule has 0 atom stereocenters. The first kappa shape index (κ1) is 18.7. The molecule has 0 bridgehead atoms. The summed E-state index contributed by atoms with van der Waals surface area (Å²) >= 11 is 0. The molecule has 2 aromatic carbocycles. The van der Waals surface area contributed by atoms with Crippen LogP contribution in [0, 0.1) is 11.6 Å². The van der Waals surface area contributed by atoms with Gasteiger partial charge in [-0.05, 0) is 29.3 Å². The first-order valence-corrected chi connectivity index (χ1v) is 8.86. The lowest BCUT2D eigenvalue weighted by atomic mass is 9.98. The Morgan fingerprint density at radius 1 is 1.03 bits per heavy atom. The number of fused-ring (bicyclic) bond motifs is 1. The van der Waals surface area contributed by atoms with E-state index in [1.54, 1.807) is 6.07 Å². The Bertz CT molecular complexity index is 1160. The van der Waals surface area contributed by atoms with E-state index < -0.39 is 17.5 Å². The van der Waals surface area contributed by atoms with Gasteiger partial charge >= 0.3 is 0 Å². The summed E-state index contributed by atoms with van der Waals surface area (Å²) in [5.41, 5.74) is 6.20. The molecule has 1 saturated heterocycles. The fourth-order valence-electron chi connectivity index (χ4n) is 3.39. The van der Waals surface area contributed by atoms with Crippen molar-refractivity contribution >= 4 is 28.6 Å². The number of imide groups is 1. The van der Waals surface area contributed by atoms with Crippen molar-refractivity contribution in [1.29, 1.82) is 0 Å². The molecule has 0 aliphatic carbocycles. The van der Waals surface area contributed by atoms with E-state index in [-0.39, 0.29) is 48.0 Å². The summed E-state index contributed by atoms with van der Waals surface area (Å²) in [4.78, 5) is 40.5. The number of likely N-dealkylation sites (tertiary alicyclic amines) is 1. The van der Waals surface area contributed by atoms with Crippen LogP contribution in [0.1, 0.15) is 28.9 Å². The molecule has 6 nitrogen and oxygen atoms in total. The SMILES string of the molecule is NC(=O)c1cc(-c2ccc(F)cc2)c2ccc(CN3C(=O)CCC3=O)c(F)c2n1. The molecule has 3 aromatic rings. The van der Waals surface area contributed by atoms with Gasteiger partial charge in [0, 0.05) is 23.8 Å². The number of aromatic nitrogens is 1. The van der Waals surface area contributed by atoms with Gasteiger partial charge in [0.05, 0.1) is 6.54 Å². The third-order valence-corrected chi connectivity index (χ3v) is 4.89. The maximum Gasteiger partial charge on any atom is 0.267 e. The minimum Gasteiger partial charge on any atom is -0.364 e. The summed E-state index contributed by atoms with van der Waals surface area (Å²) in [5.74, 6) is -2.75. The third-order valence-electron chi connectivity index (χ3n) is 4.89. The van der Waals surface area contributed by atoms with Crippen LogP contribution in [-0.2, 0) is 16.1 Å². The molecule has 4 rings (SSSR count). The van der Waals surface area contributed by atoms with Crippen molar-refractivity contribution in [3.8, 4) is 11.1 Å². The number of hydrogen-bond donors (Lipinski definition) is 1. The quantitative estimate of drug-likeness (QED) is 0.688. The number of hydrogen-bond acceptors (Lipinski definition) is 4. The van der Waals surface area contributed by atoms with Gasteiger partial charge in [0.25, 0.3) is 5.91 Å². The molecule has 0 spiro atoms. The van der Waals surface area contributed by atoms with Gasteiger partial charge in [-0.25, -0.2) is 13.8 Å². The van der Waals surface area contributed by atoms with E-state index in [4.69, 9.17) is 5.73 Å². The van der Waals surface area contributed by atoms with Crippen LogP contribution in [0.25, 0.3) is 22.0 Å². The second-order valence-electron chi connectivity index (χ2n) is 6.73. The minimum absolute atomic E-state index is 0.0975. The summed E-state index contributed by atoms with van der Waals surface area (Å²) in [6.45, 7) is -0.214. The number of carbonyl (C=O) groups is 3. The normalized spacial score (nSPS) is 14.1. The van der Waals surface area contributed by atoms with E-state index in [1.807, 2.05) is 0 Å². The number of nitrogens with two attached hydrogens (primary N) is 1. The number of rotatable bonds is 4. The molecule has 1 fully saturated rings. The number of carbonyl (C=O) groups excluding carboxylic acids is 3. The topological polar surface area (TPSA) is 93.4 Å². The highest BCUT2D eigenvalue weighted by molar-refractivity contribution is 6.03. The van der Waals surface area contributed by atoms with Crippen LogP contribution in [-0.4, -0.2) is 27.6 Å². The largest absolute Gasteiger partial charge is 0.364 e. The Morgan fingerprint density at radius 3 is 2.31 bits per heavy atom. The van der Waals surface area contributed by atoms with Gasteiger partial charge in [0.15, 0.2) is 5.82 Å². The molecule has 8 heteroatoms. The molecule has 0 radical (unpaired) electrons. The van der Waals surface area contributed by atoms with E-state index in [9.17, 15) is 18.8 Å². The predicted octanol–water partition coefficient (Wildman–Crippen LogP) is 2.93. The van der Waals surface area contributed by atoms with Crippen LogP contribution in [0.15, 0.2) is 42.5 Å². The Kier molecular flexibility index (Phi) is 4.54. The van der Waals surface area contributed by atoms with Crippen molar-refractivity contribution in [2.45, 2.75) is 19.4 Å². The van der Waals surface area contributed by atoms with Crippen molar-refractivity contribution < 1.29 is 23.2 Å². The molecular formula is C21H15F2N3O3. The maximum absolute atomic E-state index is 15.3. The number of primary amides is 1. The fourth-order valence-corrected chi connectivity index (χ4v) is 3.39. The molecule has 0 unspecified atom stereocenters. The molecule has 1 aliphatic heterocycles. The molecule has 1 aromatic heterocycles. The fraction of sp³-hybridized carbons (Fsp3) is 0.143. The Balaban J connectivity index is 1.88. The zero-order valence-corrected chi connectivity index (χ0v) is 15.1. The number of benzene rings is 2. The average Bonchev–Trinajstić information content (AvgIpc) is 3.02. The zero-order chi connectivity index (χ0) is 20.7. The second-order valence-corrected chi connectivity index (χ2v) is 6.73. The van der Waals surface area contributed by atoms with Gasteiger partial charge in [0.2, 0.25) is 11.8 Å². The van der Waals surface area contributed by atoms with E-state index in [0.29, 0.717) is 16.5 Å². The molecule has 2 heterocycles. The lowest BCUT2D eigenvalue weighted by Crippen LogP contribution is -2.28. The van der Waals surface area contributed by atoms with E-state index in [2.05, 4.69) is 4.98 Å². The molecule has 29 heavy (non-hydrogen) atoms. The lowest BCUT2D eigenvalue weighted by Gasteiger charge is -2.16. The van der Waals surface area contributed by atoms with Crippen molar-refractivity contribution in [3.63, 3.8) is 0 Å². The van der Waals surface area contributed by atoms with Crippen molar-refractivity contribution in [3.05, 3.63) is 65.4 Å².